The van der Waals surface area contributed by atoms with Crippen LogP contribution in [0.5, 0.6) is 0 Å². The molecular weight excluding hydrogens is 485 g/mol. The number of nitrogens with one attached hydrogen (secondary N) is 1. The molecule has 0 radical (unpaired) electrons. The molecule has 0 bridgehead atoms. The third-order valence-corrected chi connectivity index (χ3v) is 8.18. The topological polar surface area (TPSA) is 83.9 Å². The van der Waals surface area contributed by atoms with Crippen LogP contribution >= 0.6 is 0 Å². The molecule has 4 heterocycles. The van der Waals surface area contributed by atoms with E-state index in [-0.39, 0.29) is 12.7 Å². The second-order valence-corrected chi connectivity index (χ2v) is 11.0. The second kappa shape index (κ2) is 13.0. The largest absolute Gasteiger partial charge is 0.480 e. The van der Waals surface area contributed by atoms with Crippen LogP contribution in [0, 0.1) is 11.7 Å². The number of carboxylic acids is 1. The molecule has 2 fully saturated rings. The molecule has 38 heavy (non-hydrogen) atoms. The Hall–Kier alpha value is -2.55. The number of aromatic nitrogens is 1. The molecule has 1 aromatic heterocycles. The van der Waals surface area contributed by atoms with Crippen LogP contribution in [0.15, 0.2) is 30.3 Å². The van der Waals surface area contributed by atoms with E-state index in [9.17, 15) is 14.3 Å². The average molecular weight is 526 g/mol. The van der Waals surface area contributed by atoms with Crippen molar-refractivity contribution in [3.8, 4) is 0 Å². The molecule has 0 saturated carbocycles. The number of fused-ring (bicyclic) bond motifs is 1. The van der Waals surface area contributed by atoms with Gasteiger partial charge in [0.05, 0.1) is 19.3 Å². The Morgan fingerprint density at radius 2 is 2.16 bits per heavy atom. The molecular formula is C30H40FN3O4. The number of aliphatic carboxylic acids is 1. The maximum absolute atomic E-state index is 14.2. The Morgan fingerprint density at radius 3 is 3.00 bits per heavy atom. The Bertz CT molecular complexity index is 1090. The van der Waals surface area contributed by atoms with Gasteiger partial charge in [-0.15, -0.1) is 0 Å². The van der Waals surface area contributed by atoms with Crippen molar-refractivity contribution in [1.82, 2.24) is 9.88 Å². The van der Waals surface area contributed by atoms with Gasteiger partial charge < -0.3 is 19.9 Å². The van der Waals surface area contributed by atoms with E-state index < -0.39 is 17.8 Å². The molecule has 3 aliphatic heterocycles. The van der Waals surface area contributed by atoms with Gasteiger partial charge in [-0.1, -0.05) is 25.0 Å². The number of hydrogen-bond acceptors (Lipinski definition) is 6. The van der Waals surface area contributed by atoms with Crippen molar-refractivity contribution < 1.29 is 23.8 Å². The first-order valence-electron chi connectivity index (χ1n) is 14.2. The van der Waals surface area contributed by atoms with Crippen molar-refractivity contribution >= 4 is 11.8 Å². The van der Waals surface area contributed by atoms with Crippen molar-refractivity contribution in [1.29, 1.82) is 0 Å². The maximum atomic E-state index is 14.2. The summed E-state index contributed by atoms with van der Waals surface area (Å²) in [6.07, 6.45) is 9.55. The van der Waals surface area contributed by atoms with Gasteiger partial charge in [0.15, 0.2) is 0 Å². The van der Waals surface area contributed by atoms with Gasteiger partial charge in [0, 0.05) is 25.4 Å². The maximum Gasteiger partial charge on any atom is 0.325 e. The molecule has 3 aliphatic rings. The van der Waals surface area contributed by atoms with Gasteiger partial charge in [-0.3, -0.25) is 9.69 Å². The number of pyridine rings is 1. The van der Waals surface area contributed by atoms with E-state index in [0.717, 1.165) is 81.5 Å². The molecule has 206 valence electrons. The standard InChI is InChI=1S/C30H40FN3O4/c31-24-10-8-23(19-38-26-13-16-37-20-26)27(17-24)28(30(35)36)34-15-12-21(18-34)5-2-1-3-7-25-11-9-22-6-4-14-32-29(22)33-25/h8-11,17,21,26,28H,1-7,12-16,18-20H2,(H,32,33)(H,35,36)/t21-,26-,28?/m1/s1. The van der Waals surface area contributed by atoms with Gasteiger partial charge in [0.1, 0.15) is 17.7 Å². The van der Waals surface area contributed by atoms with Gasteiger partial charge in [-0.25, -0.2) is 9.37 Å². The third kappa shape index (κ3) is 6.90. The minimum atomic E-state index is -0.936. The molecule has 5 rings (SSSR count). The Balaban J connectivity index is 1.11. The molecule has 7 nitrogen and oxygen atoms in total. The van der Waals surface area contributed by atoms with Gasteiger partial charge in [-0.05, 0) is 92.3 Å². The Kier molecular flexibility index (Phi) is 9.25. The summed E-state index contributed by atoms with van der Waals surface area (Å²) in [6.45, 7) is 3.93. The number of carboxylic acid groups (broad SMARTS) is 1. The smallest absolute Gasteiger partial charge is 0.325 e. The van der Waals surface area contributed by atoms with Crippen LogP contribution in [0.2, 0.25) is 0 Å². The van der Waals surface area contributed by atoms with Crippen molar-refractivity contribution in [3.63, 3.8) is 0 Å². The van der Waals surface area contributed by atoms with E-state index in [1.165, 1.54) is 24.1 Å². The molecule has 2 saturated heterocycles. The zero-order valence-electron chi connectivity index (χ0n) is 22.2. The molecule has 2 aromatic rings. The van der Waals surface area contributed by atoms with E-state index in [4.69, 9.17) is 14.5 Å². The molecule has 1 unspecified atom stereocenters. The number of hydrogen-bond donors (Lipinski definition) is 2. The number of rotatable bonds is 12. The van der Waals surface area contributed by atoms with Crippen LogP contribution in [0.25, 0.3) is 0 Å². The van der Waals surface area contributed by atoms with Crippen LogP contribution in [-0.2, 0) is 33.7 Å². The number of carbonyl (C=O) groups is 1. The number of nitrogens with zero attached hydrogens (tertiary/aromatic N) is 2. The lowest BCUT2D eigenvalue weighted by atomic mass is 9.98. The van der Waals surface area contributed by atoms with E-state index in [1.807, 2.05) is 4.90 Å². The summed E-state index contributed by atoms with van der Waals surface area (Å²) in [7, 11) is 0. The van der Waals surface area contributed by atoms with Crippen molar-refractivity contribution in [2.45, 2.75) is 76.5 Å². The van der Waals surface area contributed by atoms with Gasteiger partial charge in [-0.2, -0.15) is 0 Å². The summed E-state index contributed by atoms with van der Waals surface area (Å²) in [5.41, 5.74) is 3.72. The Morgan fingerprint density at radius 1 is 1.24 bits per heavy atom. The molecule has 0 aliphatic carbocycles. The number of anilines is 1. The molecule has 3 atom stereocenters. The first-order chi connectivity index (χ1) is 18.6. The summed E-state index contributed by atoms with van der Waals surface area (Å²) >= 11 is 0. The highest BCUT2D eigenvalue weighted by molar-refractivity contribution is 5.76. The fraction of sp³-hybridized carbons (Fsp3) is 0.600. The van der Waals surface area contributed by atoms with Gasteiger partial charge in [0.25, 0.3) is 0 Å². The highest BCUT2D eigenvalue weighted by Gasteiger charge is 2.35. The second-order valence-electron chi connectivity index (χ2n) is 11.0. The van der Waals surface area contributed by atoms with Crippen molar-refractivity contribution in [2.75, 3.05) is 38.2 Å². The number of ether oxygens (including phenoxy) is 2. The first kappa shape index (κ1) is 27.0. The quantitative estimate of drug-likeness (QED) is 0.372. The molecule has 0 amide bonds. The lowest BCUT2D eigenvalue weighted by molar-refractivity contribution is -0.143. The van der Waals surface area contributed by atoms with Crippen LogP contribution < -0.4 is 5.32 Å². The highest BCUT2D eigenvalue weighted by atomic mass is 19.1. The first-order valence-corrected chi connectivity index (χ1v) is 14.2. The summed E-state index contributed by atoms with van der Waals surface area (Å²) in [4.78, 5) is 19.2. The highest BCUT2D eigenvalue weighted by Crippen LogP contribution is 2.33. The predicted octanol–water partition coefficient (Wildman–Crippen LogP) is 5.14. The zero-order valence-corrected chi connectivity index (χ0v) is 22.2. The molecule has 2 N–H and O–H groups in total. The van der Waals surface area contributed by atoms with E-state index >= 15 is 0 Å². The predicted molar refractivity (Wildman–Crippen MR) is 144 cm³/mol. The van der Waals surface area contributed by atoms with E-state index in [0.29, 0.717) is 31.2 Å². The third-order valence-electron chi connectivity index (χ3n) is 8.18. The van der Waals surface area contributed by atoms with E-state index in [2.05, 4.69) is 17.4 Å². The van der Waals surface area contributed by atoms with Crippen LogP contribution in [0.4, 0.5) is 10.2 Å². The van der Waals surface area contributed by atoms with E-state index in [1.54, 1.807) is 6.07 Å². The van der Waals surface area contributed by atoms with Crippen molar-refractivity contribution in [2.24, 2.45) is 5.92 Å². The number of benzene rings is 1. The lowest BCUT2D eigenvalue weighted by Gasteiger charge is -2.27. The number of unbranched alkanes of at least 4 members (excludes halogenated alkanes) is 2. The van der Waals surface area contributed by atoms with Crippen LogP contribution in [0.1, 0.15) is 73.4 Å². The molecule has 1 aromatic carbocycles. The Labute approximate surface area is 224 Å². The lowest BCUT2D eigenvalue weighted by Crippen LogP contribution is -2.33. The average Bonchev–Trinajstić information content (AvgIpc) is 3.60. The van der Waals surface area contributed by atoms with Crippen LogP contribution in [0.3, 0.4) is 0 Å². The fourth-order valence-corrected chi connectivity index (χ4v) is 6.05. The fourth-order valence-electron chi connectivity index (χ4n) is 6.05. The molecule has 8 heteroatoms. The number of likely N-dealkylation sites (tertiary alicyclic amines) is 1. The number of halogens is 1. The number of aryl methyl sites for hydroxylation is 2. The van der Waals surface area contributed by atoms with Crippen molar-refractivity contribution in [3.05, 3.63) is 58.5 Å². The summed E-state index contributed by atoms with van der Waals surface area (Å²) in [6, 6.07) is 7.94. The van der Waals surface area contributed by atoms with Gasteiger partial charge >= 0.3 is 5.97 Å². The zero-order chi connectivity index (χ0) is 26.3. The normalized spacial score (nSPS) is 22.2. The SMILES string of the molecule is O=C(O)C(c1cc(F)ccc1CO[C@@H]1CCOC1)N1CC[C@@H](CCCCCc2ccc3c(n2)NCCC3)C1. The van der Waals surface area contributed by atoms with Crippen LogP contribution in [-0.4, -0.2) is 59.9 Å². The summed E-state index contributed by atoms with van der Waals surface area (Å²) < 4.78 is 25.6. The molecule has 0 spiro atoms. The minimum absolute atomic E-state index is 0.00652. The minimum Gasteiger partial charge on any atom is -0.480 e. The monoisotopic (exact) mass is 525 g/mol. The summed E-state index contributed by atoms with van der Waals surface area (Å²) in [5, 5.41) is 13.6. The van der Waals surface area contributed by atoms with Gasteiger partial charge in [0.2, 0.25) is 0 Å². The summed E-state index contributed by atoms with van der Waals surface area (Å²) in [5.74, 6) is 0.174.